The summed E-state index contributed by atoms with van der Waals surface area (Å²) in [5, 5.41) is 6.38. The number of thiophene rings is 1. The molecule has 1 amide bonds. The topological polar surface area (TPSA) is 87.5 Å². The number of pyridine rings is 1. The Kier molecular flexibility index (Phi) is 6.91. The fourth-order valence-corrected chi connectivity index (χ4v) is 6.21. The molecule has 1 aliphatic rings. The number of likely N-dealkylation sites (N-methyl/N-ethyl adjacent to an activating group) is 1. The monoisotopic (exact) mass is 591 g/mol. The van der Waals surface area contributed by atoms with Crippen LogP contribution in [0.25, 0.3) is 28.3 Å². The molecule has 8 nitrogen and oxygen atoms in total. The SMILES string of the molecule is CN1CCc2ccc(Nc3nccc(-c4c(-c5cccc(NC(=O)c6ccc(Cl)s6)c5)nc5ccccn45)n3)cc2C1. The van der Waals surface area contributed by atoms with Crippen LogP contribution in [0.2, 0.25) is 4.34 Å². The number of aromatic nitrogens is 4. The van der Waals surface area contributed by atoms with Crippen LogP contribution in [-0.2, 0) is 13.0 Å². The molecule has 0 aliphatic carbocycles. The molecule has 208 valence electrons. The van der Waals surface area contributed by atoms with Crippen LogP contribution in [0.4, 0.5) is 17.3 Å². The second kappa shape index (κ2) is 11.0. The molecule has 1 aliphatic heterocycles. The summed E-state index contributed by atoms with van der Waals surface area (Å²) in [6, 6.07) is 25.3. The van der Waals surface area contributed by atoms with Crippen LogP contribution >= 0.6 is 22.9 Å². The van der Waals surface area contributed by atoms with Gasteiger partial charge in [0.1, 0.15) is 5.65 Å². The van der Waals surface area contributed by atoms with Gasteiger partial charge in [-0.25, -0.2) is 15.0 Å². The molecule has 4 aromatic heterocycles. The maximum absolute atomic E-state index is 12.8. The summed E-state index contributed by atoms with van der Waals surface area (Å²) < 4.78 is 2.59. The van der Waals surface area contributed by atoms with E-state index in [1.165, 1.54) is 22.5 Å². The summed E-state index contributed by atoms with van der Waals surface area (Å²) >= 11 is 7.27. The number of hydrogen-bond acceptors (Lipinski definition) is 7. The van der Waals surface area contributed by atoms with Crippen LogP contribution in [0.15, 0.2) is 91.3 Å². The third kappa shape index (κ3) is 5.25. The third-order valence-corrected chi connectivity index (χ3v) is 8.51. The van der Waals surface area contributed by atoms with Crippen molar-refractivity contribution in [1.29, 1.82) is 0 Å². The second-order valence-corrected chi connectivity index (χ2v) is 12.0. The van der Waals surface area contributed by atoms with Crippen molar-refractivity contribution < 1.29 is 4.79 Å². The van der Waals surface area contributed by atoms with Gasteiger partial charge in [0, 0.05) is 42.4 Å². The molecule has 42 heavy (non-hydrogen) atoms. The molecule has 0 atom stereocenters. The Morgan fingerprint density at radius 2 is 1.88 bits per heavy atom. The lowest BCUT2D eigenvalue weighted by Crippen LogP contribution is -2.26. The number of fused-ring (bicyclic) bond motifs is 2. The first-order valence-electron chi connectivity index (χ1n) is 13.6. The Morgan fingerprint density at radius 3 is 2.76 bits per heavy atom. The number of nitrogens with zero attached hydrogens (tertiary/aromatic N) is 5. The number of rotatable bonds is 6. The predicted molar refractivity (Wildman–Crippen MR) is 169 cm³/mol. The summed E-state index contributed by atoms with van der Waals surface area (Å²) in [6.45, 7) is 2.00. The summed E-state index contributed by atoms with van der Waals surface area (Å²) in [7, 11) is 2.15. The summed E-state index contributed by atoms with van der Waals surface area (Å²) in [6.07, 6.45) is 4.79. The van der Waals surface area contributed by atoms with Crippen molar-refractivity contribution in [3.05, 3.63) is 112 Å². The highest BCUT2D eigenvalue weighted by Crippen LogP contribution is 2.34. The molecule has 0 fully saturated rings. The molecule has 0 saturated heterocycles. The first kappa shape index (κ1) is 26.3. The number of halogens is 1. The van der Waals surface area contributed by atoms with Gasteiger partial charge in [0.2, 0.25) is 5.95 Å². The molecule has 0 unspecified atom stereocenters. The first-order chi connectivity index (χ1) is 20.5. The lowest BCUT2D eigenvalue weighted by molar-refractivity contribution is 0.103. The van der Waals surface area contributed by atoms with Crippen LogP contribution in [0.5, 0.6) is 0 Å². The van der Waals surface area contributed by atoms with Crippen molar-refractivity contribution in [2.45, 2.75) is 13.0 Å². The van der Waals surface area contributed by atoms with Crippen molar-refractivity contribution in [1.82, 2.24) is 24.3 Å². The molecule has 7 rings (SSSR count). The van der Waals surface area contributed by atoms with Gasteiger partial charge in [-0.15, -0.1) is 11.3 Å². The molecule has 2 N–H and O–H groups in total. The van der Waals surface area contributed by atoms with Gasteiger partial charge in [-0.1, -0.05) is 35.9 Å². The number of hydrogen-bond donors (Lipinski definition) is 2. The minimum atomic E-state index is -0.209. The van der Waals surface area contributed by atoms with Gasteiger partial charge < -0.3 is 15.5 Å². The number of carbonyl (C=O) groups excluding carboxylic acids is 1. The molecule has 0 radical (unpaired) electrons. The van der Waals surface area contributed by atoms with Crippen LogP contribution in [-0.4, -0.2) is 43.8 Å². The normalized spacial score (nSPS) is 13.2. The Morgan fingerprint density at radius 1 is 0.952 bits per heavy atom. The predicted octanol–water partition coefficient (Wildman–Crippen LogP) is 7.16. The lowest BCUT2D eigenvalue weighted by Gasteiger charge is -2.25. The van der Waals surface area contributed by atoms with Gasteiger partial charge >= 0.3 is 0 Å². The molecule has 0 spiro atoms. The molecule has 5 heterocycles. The van der Waals surface area contributed by atoms with Gasteiger partial charge in [0.25, 0.3) is 5.91 Å². The van der Waals surface area contributed by atoms with Gasteiger partial charge in [-0.2, -0.15) is 0 Å². The van der Waals surface area contributed by atoms with E-state index in [4.69, 9.17) is 21.6 Å². The summed E-state index contributed by atoms with van der Waals surface area (Å²) in [4.78, 5) is 30.0. The molecule has 0 bridgehead atoms. The average molecular weight is 592 g/mol. The minimum Gasteiger partial charge on any atom is -0.324 e. The first-order valence-corrected chi connectivity index (χ1v) is 14.7. The Hall–Kier alpha value is -4.57. The Labute approximate surface area is 251 Å². The van der Waals surface area contributed by atoms with Crippen molar-refractivity contribution >= 4 is 51.8 Å². The van der Waals surface area contributed by atoms with Crippen molar-refractivity contribution in [2.24, 2.45) is 0 Å². The van der Waals surface area contributed by atoms with E-state index in [0.717, 1.165) is 53.5 Å². The Bertz CT molecular complexity index is 1950. The smallest absolute Gasteiger partial charge is 0.265 e. The Balaban J connectivity index is 1.23. The molecular weight excluding hydrogens is 566 g/mol. The third-order valence-electron chi connectivity index (χ3n) is 7.28. The highest BCUT2D eigenvalue weighted by Gasteiger charge is 2.19. The number of carbonyl (C=O) groups is 1. The van der Waals surface area contributed by atoms with Gasteiger partial charge in [-0.05, 0) is 79.2 Å². The number of imidazole rings is 1. The van der Waals surface area contributed by atoms with Crippen molar-refractivity contribution in [3.63, 3.8) is 0 Å². The van der Waals surface area contributed by atoms with Crippen molar-refractivity contribution in [3.8, 4) is 22.6 Å². The van der Waals surface area contributed by atoms with E-state index < -0.39 is 0 Å². The number of benzene rings is 2. The number of amides is 1. The maximum atomic E-state index is 12.8. The minimum absolute atomic E-state index is 0.209. The largest absolute Gasteiger partial charge is 0.324 e. The van der Waals surface area contributed by atoms with Gasteiger partial charge in [0.15, 0.2) is 0 Å². The van der Waals surface area contributed by atoms with E-state index in [1.807, 2.05) is 59.1 Å². The highest BCUT2D eigenvalue weighted by molar-refractivity contribution is 7.18. The summed E-state index contributed by atoms with van der Waals surface area (Å²) in [5.74, 6) is 0.295. The number of anilines is 3. The molecule has 0 saturated carbocycles. The van der Waals surface area contributed by atoms with Crippen LogP contribution in [0.1, 0.15) is 20.8 Å². The molecule has 6 aromatic rings. The summed E-state index contributed by atoms with van der Waals surface area (Å²) in [5.41, 5.74) is 8.27. The maximum Gasteiger partial charge on any atom is 0.265 e. The van der Waals surface area contributed by atoms with E-state index in [1.54, 1.807) is 18.3 Å². The molecular formula is C32H26ClN7OS. The van der Waals surface area contributed by atoms with Crippen molar-refractivity contribution in [2.75, 3.05) is 24.2 Å². The van der Waals surface area contributed by atoms with E-state index in [2.05, 4.69) is 45.8 Å². The van der Waals surface area contributed by atoms with E-state index in [9.17, 15) is 4.79 Å². The standard InChI is InChI=1S/C32H26ClN7OS/c1-39-16-13-20-8-9-24(18-22(20)19-39)36-32-34-14-12-25(37-32)30-29(38-28-7-2-3-15-40(28)30)21-5-4-6-23(17-21)35-31(41)26-10-11-27(33)42-26/h2-12,14-15,17-18H,13,16,19H2,1H3,(H,35,41)(H,34,36,37). The zero-order valence-electron chi connectivity index (χ0n) is 22.7. The quantitative estimate of drug-likeness (QED) is 0.214. The van der Waals surface area contributed by atoms with E-state index >= 15 is 0 Å². The van der Waals surface area contributed by atoms with E-state index in [-0.39, 0.29) is 5.91 Å². The highest BCUT2D eigenvalue weighted by atomic mass is 35.5. The fraction of sp³-hybridized carbons (Fsp3) is 0.125. The van der Waals surface area contributed by atoms with Crippen LogP contribution in [0.3, 0.4) is 0 Å². The van der Waals surface area contributed by atoms with Gasteiger partial charge in [0.05, 0.1) is 26.3 Å². The lowest BCUT2D eigenvalue weighted by atomic mass is 9.99. The van der Waals surface area contributed by atoms with Crippen LogP contribution in [0, 0.1) is 0 Å². The van der Waals surface area contributed by atoms with E-state index in [0.29, 0.717) is 20.8 Å². The number of nitrogens with one attached hydrogen (secondary N) is 2. The fourth-order valence-electron chi connectivity index (χ4n) is 5.27. The average Bonchev–Trinajstić information content (AvgIpc) is 3.61. The second-order valence-electron chi connectivity index (χ2n) is 10.2. The molecule has 2 aromatic carbocycles. The van der Waals surface area contributed by atoms with Crippen LogP contribution < -0.4 is 10.6 Å². The van der Waals surface area contributed by atoms with Gasteiger partial charge in [-0.3, -0.25) is 9.20 Å². The zero-order valence-corrected chi connectivity index (χ0v) is 24.3. The zero-order chi connectivity index (χ0) is 28.6. The molecule has 10 heteroatoms.